The van der Waals surface area contributed by atoms with Gasteiger partial charge in [-0.2, -0.15) is 0 Å². The molecule has 0 spiro atoms. The number of nitrogens with one attached hydrogen (secondary N) is 3. The minimum atomic E-state index is 0.461. The van der Waals surface area contributed by atoms with Crippen molar-refractivity contribution < 1.29 is 0 Å². The van der Waals surface area contributed by atoms with Gasteiger partial charge in [0.2, 0.25) is 0 Å². The molecular weight excluding hydrogens is 222 g/mol. The van der Waals surface area contributed by atoms with Crippen LogP contribution in [0.15, 0.2) is 30.5 Å². The van der Waals surface area contributed by atoms with Crippen LogP contribution < -0.4 is 10.6 Å². The highest BCUT2D eigenvalue weighted by Gasteiger charge is 2.25. The molecule has 1 aromatic carbocycles. The maximum Gasteiger partial charge on any atom is 0.0457 e. The van der Waals surface area contributed by atoms with E-state index in [4.69, 9.17) is 0 Å². The fraction of sp³-hybridized carbons (Fsp3) is 0.467. The van der Waals surface area contributed by atoms with Crippen LogP contribution in [0, 0.1) is 5.92 Å². The normalized spacial score (nSPS) is 19.2. The zero-order valence-corrected chi connectivity index (χ0v) is 10.9. The van der Waals surface area contributed by atoms with Gasteiger partial charge in [-0.05, 0) is 50.5 Å². The van der Waals surface area contributed by atoms with Gasteiger partial charge in [0.15, 0.2) is 0 Å². The van der Waals surface area contributed by atoms with Gasteiger partial charge in [-0.15, -0.1) is 0 Å². The predicted molar refractivity (Wildman–Crippen MR) is 75.7 cm³/mol. The molecule has 1 aliphatic heterocycles. The molecule has 1 fully saturated rings. The van der Waals surface area contributed by atoms with E-state index in [0.29, 0.717) is 6.04 Å². The fourth-order valence-corrected chi connectivity index (χ4v) is 3.17. The Morgan fingerprint density at radius 1 is 1.22 bits per heavy atom. The molecule has 18 heavy (non-hydrogen) atoms. The molecule has 1 atom stereocenters. The van der Waals surface area contributed by atoms with Crippen LogP contribution in [0.2, 0.25) is 0 Å². The predicted octanol–water partition coefficient (Wildman–Crippen LogP) is 2.43. The monoisotopic (exact) mass is 243 g/mol. The Kier molecular flexibility index (Phi) is 3.35. The largest absolute Gasteiger partial charge is 0.361 e. The topological polar surface area (TPSA) is 39.9 Å². The fourth-order valence-electron chi connectivity index (χ4n) is 3.17. The van der Waals surface area contributed by atoms with Gasteiger partial charge in [-0.25, -0.2) is 0 Å². The average Bonchev–Trinajstić information content (AvgIpc) is 2.85. The lowest BCUT2D eigenvalue weighted by Gasteiger charge is -2.30. The number of aromatic amines is 1. The van der Waals surface area contributed by atoms with Crippen LogP contribution in [0.4, 0.5) is 0 Å². The molecule has 0 saturated carbocycles. The Balaban J connectivity index is 1.95. The van der Waals surface area contributed by atoms with E-state index in [1.54, 1.807) is 0 Å². The average molecular weight is 243 g/mol. The van der Waals surface area contributed by atoms with Crippen molar-refractivity contribution in [3.63, 3.8) is 0 Å². The van der Waals surface area contributed by atoms with Crippen LogP contribution in [-0.2, 0) is 0 Å². The lowest BCUT2D eigenvalue weighted by molar-refractivity contribution is 0.295. The molecule has 1 aliphatic rings. The van der Waals surface area contributed by atoms with Crippen LogP contribution in [0.1, 0.15) is 24.4 Å². The molecule has 3 rings (SSSR count). The molecule has 0 radical (unpaired) electrons. The summed E-state index contributed by atoms with van der Waals surface area (Å²) < 4.78 is 0. The Hall–Kier alpha value is -1.32. The SMILES string of the molecule is CNC(c1c[nH]c2ccccc12)C1CCNCC1. The lowest BCUT2D eigenvalue weighted by Crippen LogP contribution is -2.35. The quantitative estimate of drug-likeness (QED) is 0.775. The zero-order valence-electron chi connectivity index (χ0n) is 10.9. The van der Waals surface area contributed by atoms with Gasteiger partial charge in [-0.3, -0.25) is 0 Å². The van der Waals surface area contributed by atoms with Gasteiger partial charge in [0.25, 0.3) is 0 Å². The number of rotatable bonds is 3. The molecule has 3 N–H and O–H groups in total. The van der Waals surface area contributed by atoms with E-state index >= 15 is 0 Å². The third-order valence-electron chi connectivity index (χ3n) is 4.12. The van der Waals surface area contributed by atoms with E-state index < -0.39 is 0 Å². The summed E-state index contributed by atoms with van der Waals surface area (Å²) in [6.07, 6.45) is 4.68. The molecule has 2 heterocycles. The molecule has 2 aromatic rings. The van der Waals surface area contributed by atoms with Crippen molar-refractivity contribution >= 4 is 10.9 Å². The summed E-state index contributed by atoms with van der Waals surface area (Å²) in [5.74, 6) is 0.732. The van der Waals surface area contributed by atoms with Crippen molar-refractivity contribution in [3.8, 4) is 0 Å². The highest BCUT2D eigenvalue weighted by molar-refractivity contribution is 5.83. The molecule has 0 amide bonds. The summed E-state index contributed by atoms with van der Waals surface area (Å²) in [7, 11) is 2.08. The number of hydrogen-bond donors (Lipinski definition) is 3. The summed E-state index contributed by atoms with van der Waals surface area (Å²) in [6.45, 7) is 2.29. The number of benzene rings is 1. The van der Waals surface area contributed by atoms with E-state index in [9.17, 15) is 0 Å². The number of para-hydroxylation sites is 1. The highest BCUT2D eigenvalue weighted by Crippen LogP contribution is 2.32. The minimum absolute atomic E-state index is 0.461. The van der Waals surface area contributed by atoms with Crippen LogP contribution in [0.25, 0.3) is 10.9 Å². The van der Waals surface area contributed by atoms with Crippen LogP contribution in [0.5, 0.6) is 0 Å². The van der Waals surface area contributed by atoms with Crippen molar-refractivity contribution in [2.24, 2.45) is 5.92 Å². The third-order valence-corrected chi connectivity index (χ3v) is 4.12. The smallest absolute Gasteiger partial charge is 0.0457 e. The second-order valence-electron chi connectivity index (χ2n) is 5.14. The molecular formula is C15H21N3. The second-order valence-corrected chi connectivity index (χ2v) is 5.14. The molecule has 1 aromatic heterocycles. The first kappa shape index (κ1) is 11.8. The van der Waals surface area contributed by atoms with Crippen molar-refractivity contribution in [3.05, 3.63) is 36.0 Å². The molecule has 1 saturated heterocycles. The molecule has 3 nitrogen and oxygen atoms in total. The van der Waals surface area contributed by atoms with Crippen LogP contribution in [0.3, 0.4) is 0 Å². The van der Waals surface area contributed by atoms with E-state index in [1.165, 1.54) is 29.3 Å². The van der Waals surface area contributed by atoms with Gasteiger partial charge in [0.1, 0.15) is 0 Å². The summed E-state index contributed by atoms with van der Waals surface area (Å²) in [6, 6.07) is 9.03. The van der Waals surface area contributed by atoms with Gasteiger partial charge in [-0.1, -0.05) is 18.2 Å². The first-order valence-corrected chi connectivity index (χ1v) is 6.84. The van der Waals surface area contributed by atoms with Crippen molar-refractivity contribution in [2.45, 2.75) is 18.9 Å². The Morgan fingerprint density at radius 2 is 2.00 bits per heavy atom. The van der Waals surface area contributed by atoms with Crippen molar-refractivity contribution in [1.82, 2.24) is 15.6 Å². The summed E-state index contributed by atoms with van der Waals surface area (Å²) in [5.41, 5.74) is 2.65. The molecule has 3 heteroatoms. The maximum absolute atomic E-state index is 3.52. The lowest BCUT2D eigenvalue weighted by atomic mass is 9.86. The summed E-state index contributed by atoms with van der Waals surface area (Å²) in [5, 5.41) is 8.32. The number of fused-ring (bicyclic) bond motifs is 1. The van der Waals surface area contributed by atoms with Crippen molar-refractivity contribution in [2.75, 3.05) is 20.1 Å². The molecule has 0 bridgehead atoms. The van der Waals surface area contributed by atoms with Crippen LogP contribution >= 0.6 is 0 Å². The Labute approximate surface area is 108 Å². The van der Waals surface area contributed by atoms with Gasteiger partial charge >= 0.3 is 0 Å². The molecule has 1 unspecified atom stereocenters. The third kappa shape index (κ3) is 2.04. The van der Waals surface area contributed by atoms with Gasteiger partial charge < -0.3 is 15.6 Å². The van der Waals surface area contributed by atoms with Crippen molar-refractivity contribution in [1.29, 1.82) is 0 Å². The Bertz CT molecular complexity index is 511. The Morgan fingerprint density at radius 3 is 2.78 bits per heavy atom. The first-order chi connectivity index (χ1) is 8.90. The first-order valence-electron chi connectivity index (χ1n) is 6.84. The number of aromatic nitrogens is 1. The minimum Gasteiger partial charge on any atom is -0.361 e. The van der Waals surface area contributed by atoms with E-state index in [0.717, 1.165) is 19.0 Å². The summed E-state index contributed by atoms with van der Waals surface area (Å²) in [4.78, 5) is 3.39. The maximum atomic E-state index is 3.52. The number of piperidine rings is 1. The summed E-state index contributed by atoms with van der Waals surface area (Å²) >= 11 is 0. The zero-order chi connectivity index (χ0) is 12.4. The van der Waals surface area contributed by atoms with E-state index in [-0.39, 0.29) is 0 Å². The number of H-pyrrole nitrogens is 1. The van der Waals surface area contributed by atoms with Crippen LogP contribution in [-0.4, -0.2) is 25.1 Å². The molecule has 0 aliphatic carbocycles. The molecule has 96 valence electrons. The highest BCUT2D eigenvalue weighted by atomic mass is 14.9. The standard InChI is InChI=1S/C15H21N3/c1-16-15(11-6-8-17-9-7-11)13-10-18-14-5-3-2-4-12(13)14/h2-5,10-11,15-18H,6-9H2,1H3. The van der Waals surface area contributed by atoms with Gasteiger partial charge in [0.05, 0.1) is 0 Å². The van der Waals surface area contributed by atoms with Gasteiger partial charge in [0, 0.05) is 23.1 Å². The number of hydrogen-bond acceptors (Lipinski definition) is 2. The van der Waals surface area contributed by atoms with E-state index in [2.05, 4.69) is 53.1 Å². The van der Waals surface area contributed by atoms with E-state index in [1.807, 2.05) is 0 Å². The second kappa shape index (κ2) is 5.12.